The highest BCUT2D eigenvalue weighted by atomic mass is 32.2. The summed E-state index contributed by atoms with van der Waals surface area (Å²) < 4.78 is 2.04. The minimum atomic E-state index is -0.169. The number of piperidine rings is 1. The molecule has 3 N–H and O–H groups in total. The minimum Gasteiger partial charge on any atom is -0.393 e. The number of anilines is 5. The molecule has 0 amide bonds. The molecule has 1 saturated heterocycles. The molecule has 2 aromatic carbocycles. The Morgan fingerprint density at radius 3 is 2.48 bits per heavy atom. The van der Waals surface area contributed by atoms with E-state index in [1.54, 1.807) is 11.8 Å². The van der Waals surface area contributed by atoms with Crippen LogP contribution >= 0.6 is 11.8 Å². The van der Waals surface area contributed by atoms with E-state index >= 15 is 0 Å². The Morgan fingerprint density at radius 1 is 0.970 bits per heavy atom. The first-order valence-electron chi connectivity index (χ1n) is 11.1. The number of hydrogen-bond donors (Lipinski definition) is 3. The first-order valence-corrected chi connectivity index (χ1v) is 12.4. The number of nitrogens with zero attached hydrogens (tertiary/aromatic N) is 4. The minimum absolute atomic E-state index is 0.169. The molecule has 0 unspecified atom stereocenters. The highest BCUT2D eigenvalue weighted by Crippen LogP contribution is 2.31. The fourth-order valence-corrected chi connectivity index (χ4v) is 4.77. The Hall–Kier alpha value is -3.23. The Kier molecular flexibility index (Phi) is 6.11. The van der Waals surface area contributed by atoms with Gasteiger partial charge >= 0.3 is 0 Å². The molecule has 0 spiro atoms. The summed E-state index contributed by atoms with van der Waals surface area (Å²) in [5, 5.41) is 16.6. The SMILES string of the molecule is CSc1ccccc1Nc1nc(Nc2ccc(N3CCC(O)CC3)cc2)nc2ccn(C)c12. The van der Waals surface area contributed by atoms with Crippen LogP contribution in [-0.2, 0) is 7.05 Å². The molecule has 2 aromatic heterocycles. The third-order valence-corrected chi connectivity index (χ3v) is 6.83. The molecule has 5 rings (SSSR count). The van der Waals surface area contributed by atoms with Gasteiger partial charge in [0.1, 0.15) is 5.52 Å². The summed E-state index contributed by atoms with van der Waals surface area (Å²) in [4.78, 5) is 13.0. The Bertz CT molecular complexity index is 1250. The van der Waals surface area contributed by atoms with E-state index < -0.39 is 0 Å². The van der Waals surface area contributed by atoms with Crippen molar-refractivity contribution >= 4 is 51.6 Å². The molecule has 8 heteroatoms. The largest absolute Gasteiger partial charge is 0.393 e. The number of aliphatic hydroxyl groups excluding tert-OH is 1. The number of rotatable bonds is 6. The number of para-hydroxylation sites is 1. The van der Waals surface area contributed by atoms with E-state index in [0.29, 0.717) is 5.95 Å². The van der Waals surface area contributed by atoms with Crippen LogP contribution in [0.1, 0.15) is 12.8 Å². The predicted molar refractivity (Wildman–Crippen MR) is 137 cm³/mol. The van der Waals surface area contributed by atoms with Gasteiger partial charge in [-0.15, -0.1) is 11.8 Å². The Labute approximate surface area is 197 Å². The molecule has 0 radical (unpaired) electrons. The lowest BCUT2D eigenvalue weighted by atomic mass is 10.1. The van der Waals surface area contributed by atoms with Gasteiger partial charge in [-0.3, -0.25) is 0 Å². The number of benzene rings is 2. The van der Waals surface area contributed by atoms with E-state index in [2.05, 4.69) is 58.2 Å². The first kappa shape index (κ1) is 21.6. The van der Waals surface area contributed by atoms with Gasteiger partial charge in [0.05, 0.1) is 17.3 Å². The van der Waals surface area contributed by atoms with E-state index in [9.17, 15) is 5.11 Å². The predicted octanol–water partition coefficient (Wildman–Crippen LogP) is 5.14. The second kappa shape index (κ2) is 9.33. The molecule has 1 fully saturated rings. The smallest absolute Gasteiger partial charge is 0.229 e. The van der Waals surface area contributed by atoms with Crippen LogP contribution in [0.3, 0.4) is 0 Å². The molecular formula is C25H28N6OS. The zero-order valence-corrected chi connectivity index (χ0v) is 19.6. The van der Waals surface area contributed by atoms with Gasteiger partial charge in [-0.2, -0.15) is 4.98 Å². The highest BCUT2D eigenvalue weighted by molar-refractivity contribution is 7.98. The van der Waals surface area contributed by atoms with Crippen molar-refractivity contribution in [3.63, 3.8) is 0 Å². The standard InChI is InChI=1S/C25H28N6OS/c1-30-14-13-21-23(30)24(27-20-5-3-4-6-22(20)33-2)29-25(28-21)26-17-7-9-18(10-8-17)31-15-11-19(32)12-16-31/h3-10,13-14,19,32H,11-12,15-16H2,1-2H3,(H2,26,27,28,29). The van der Waals surface area contributed by atoms with Gasteiger partial charge in [0.15, 0.2) is 5.82 Å². The summed E-state index contributed by atoms with van der Waals surface area (Å²) in [5.41, 5.74) is 4.96. The maximum Gasteiger partial charge on any atom is 0.229 e. The second-order valence-electron chi connectivity index (χ2n) is 8.27. The van der Waals surface area contributed by atoms with Crippen LogP contribution in [-0.4, -0.2) is 45.1 Å². The molecule has 3 heterocycles. The molecule has 1 aliphatic heterocycles. The number of aryl methyl sites for hydroxylation is 1. The number of thioether (sulfide) groups is 1. The van der Waals surface area contributed by atoms with Gasteiger partial charge in [-0.05, 0) is 61.6 Å². The number of hydrogen-bond acceptors (Lipinski definition) is 7. The number of aliphatic hydroxyl groups is 1. The average molecular weight is 461 g/mol. The zero-order valence-electron chi connectivity index (χ0n) is 18.8. The van der Waals surface area contributed by atoms with Crippen LogP contribution in [0.15, 0.2) is 65.7 Å². The van der Waals surface area contributed by atoms with Crippen molar-refractivity contribution in [3.05, 3.63) is 60.8 Å². The summed E-state index contributed by atoms with van der Waals surface area (Å²) in [6.07, 6.45) is 5.54. The van der Waals surface area contributed by atoms with Crippen molar-refractivity contribution in [2.45, 2.75) is 23.8 Å². The van der Waals surface area contributed by atoms with Gasteiger partial charge in [-0.25, -0.2) is 4.98 Å². The van der Waals surface area contributed by atoms with Gasteiger partial charge in [0.25, 0.3) is 0 Å². The lowest BCUT2D eigenvalue weighted by molar-refractivity contribution is 0.145. The lowest BCUT2D eigenvalue weighted by Gasteiger charge is -2.31. The Balaban J connectivity index is 1.41. The van der Waals surface area contributed by atoms with Crippen LogP contribution in [0.4, 0.5) is 28.8 Å². The monoisotopic (exact) mass is 460 g/mol. The fourth-order valence-electron chi connectivity index (χ4n) is 4.22. The van der Waals surface area contributed by atoms with Crippen LogP contribution in [0.5, 0.6) is 0 Å². The summed E-state index contributed by atoms with van der Waals surface area (Å²) in [7, 11) is 2.00. The molecule has 4 aromatic rings. The topological polar surface area (TPSA) is 78.2 Å². The van der Waals surface area contributed by atoms with Crippen molar-refractivity contribution in [2.75, 3.05) is 34.9 Å². The van der Waals surface area contributed by atoms with Crippen molar-refractivity contribution in [1.29, 1.82) is 0 Å². The zero-order chi connectivity index (χ0) is 22.8. The maximum atomic E-state index is 9.75. The van der Waals surface area contributed by atoms with E-state index in [1.165, 1.54) is 5.69 Å². The van der Waals surface area contributed by atoms with E-state index in [-0.39, 0.29) is 6.10 Å². The van der Waals surface area contributed by atoms with E-state index in [4.69, 9.17) is 9.97 Å². The van der Waals surface area contributed by atoms with Gasteiger partial charge in [0, 0.05) is 42.6 Å². The molecule has 0 atom stereocenters. The van der Waals surface area contributed by atoms with Gasteiger partial charge in [-0.1, -0.05) is 12.1 Å². The maximum absolute atomic E-state index is 9.75. The third kappa shape index (κ3) is 4.62. The van der Waals surface area contributed by atoms with Crippen LogP contribution in [0, 0.1) is 0 Å². The summed E-state index contributed by atoms with van der Waals surface area (Å²) >= 11 is 1.70. The van der Waals surface area contributed by atoms with E-state index in [1.807, 2.05) is 36.0 Å². The molecule has 170 valence electrons. The van der Waals surface area contributed by atoms with Crippen LogP contribution in [0.25, 0.3) is 11.0 Å². The summed E-state index contributed by atoms with van der Waals surface area (Å²) in [6.45, 7) is 1.77. The highest BCUT2D eigenvalue weighted by Gasteiger charge is 2.17. The molecular weight excluding hydrogens is 432 g/mol. The van der Waals surface area contributed by atoms with Crippen molar-refractivity contribution < 1.29 is 5.11 Å². The van der Waals surface area contributed by atoms with Gasteiger partial charge in [0.2, 0.25) is 5.95 Å². The molecule has 33 heavy (non-hydrogen) atoms. The van der Waals surface area contributed by atoms with E-state index in [0.717, 1.165) is 59.1 Å². The normalized spacial score (nSPS) is 14.6. The summed E-state index contributed by atoms with van der Waals surface area (Å²) in [5.74, 6) is 1.31. The fraction of sp³-hybridized carbons (Fsp3) is 0.280. The van der Waals surface area contributed by atoms with Crippen molar-refractivity contribution in [1.82, 2.24) is 14.5 Å². The van der Waals surface area contributed by atoms with Crippen LogP contribution in [0.2, 0.25) is 0 Å². The molecule has 1 aliphatic rings. The lowest BCUT2D eigenvalue weighted by Crippen LogP contribution is -2.35. The molecule has 0 bridgehead atoms. The van der Waals surface area contributed by atoms with Crippen LogP contribution < -0.4 is 15.5 Å². The summed E-state index contributed by atoms with van der Waals surface area (Å²) in [6, 6.07) is 18.5. The van der Waals surface area contributed by atoms with Gasteiger partial charge < -0.3 is 25.2 Å². The third-order valence-electron chi connectivity index (χ3n) is 6.03. The number of aromatic nitrogens is 3. The van der Waals surface area contributed by atoms with Crippen molar-refractivity contribution in [3.8, 4) is 0 Å². The molecule has 7 nitrogen and oxygen atoms in total. The number of fused-ring (bicyclic) bond motifs is 1. The quantitative estimate of drug-likeness (QED) is 0.344. The first-order chi connectivity index (χ1) is 16.1. The average Bonchev–Trinajstić information content (AvgIpc) is 3.21. The second-order valence-corrected chi connectivity index (χ2v) is 9.12. The molecule has 0 aliphatic carbocycles. The molecule has 0 saturated carbocycles. The van der Waals surface area contributed by atoms with Crippen molar-refractivity contribution in [2.24, 2.45) is 7.05 Å². The number of nitrogens with one attached hydrogen (secondary N) is 2. The Morgan fingerprint density at radius 2 is 1.73 bits per heavy atom.